The number of benzene rings is 2. The summed E-state index contributed by atoms with van der Waals surface area (Å²) in [5, 5.41) is 9.73. The minimum atomic E-state index is -1.30. The maximum Gasteiger partial charge on any atom is 0.343 e. The first-order valence-electron chi connectivity index (χ1n) is 6.73. The highest BCUT2D eigenvalue weighted by Crippen LogP contribution is 2.21. The van der Waals surface area contributed by atoms with E-state index in [1.807, 2.05) is 0 Å². The van der Waals surface area contributed by atoms with Crippen LogP contribution >= 0.6 is 0 Å². The van der Waals surface area contributed by atoms with Crippen molar-refractivity contribution in [2.24, 2.45) is 0 Å². The van der Waals surface area contributed by atoms with E-state index in [0.29, 0.717) is 16.9 Å². The Morgan fingerprint density at radius 2 is 1.68 bits per heavy atom. The molecule has 0 radical (unpaired) electrons. The van der Waals surface area contributed by atoms with Crippen LogP contribution in [0.1, 0.15) is 15.9 Å². The number of aliphatic hydroxyl groups excluding tert-OH is 1. The molecule has 0 aliphatic carbocycles. The molecule has 2 rings (SSSR count). The molecule has 22 heavy (non-hydrogen) atoms. The van der Waals surface area contributed by atoms with Crippen LogP contribution in [0.5, 0.6) is 5.75 Å². The summed E-state index contributed by atoms with van der Waals surface area (Å²) in [6, 6.07) is 15.3. The zero-order valence-electron chi connectivity index (χ0n) is 12.1. The first-order valence-corrected chi connectivity index (χ1v) is 6.73. The first kappa shape index (κ1) is 15.7. The van der Waals surface area contributed by atoms with Gasteiger partial charge in [0.25, 0.3) is 0 Å². The number of hydrogen-bond donors (Lipinski definition) is 1. The second-order valence-electron chi connectivity index (χ2n) is 4.61. The molecule has 0 spiro atoms. The lowest BCUT2D eigenvalue weighted by atomic mass is 10.1. The zero-order valence-corrected chi connectivity index (χ0v) is 12.1. The summed E-state index contributed by atoms with van der Waals surface area (Å²) < 4.78 is 9.82. The van der Waals surface area contributed by atoms with E-state index < -0.39 is 18.0 Å². The third-order valence-corrected chi connectivity index (χ3v) is 3.07. The fourth-order valence-electron chi connectivity index (χ4n) is 1.93. The van der Waals surface area contributed by atoms with E-state index in [9.17, 15) is 14.7 Å². The minimum absolute atomic E-state index is 0.00488. The second-order valence-corrected chi connectivity index (χ2v) is 4.61. The van der Waals surface area contributed by atoms with E-state index in [-0.39, 0.29) is 6.42 Å². The third-order valence-electron chi connectivity index (χ3n) is 3.07. The van der Waals surface area contributed by atoms with Gasteiger partial charge in [0.1, 0.15) is 5.75 Å². The van der Waals surface area contributed by atoms with Gasteiger partial charge in [-0.3, -0.25) is 0 Å². The monoisotopic (exact) mass is 300 g/mol. The Balaban J connectivity index is 2.15. The highest BCUT2D eigenvalue weighted by molar-refractivity contribution is 5.91. The molecule has 0 aromatic heterocycles. The number of aliphatic hydroxyl groups is 1. The molecule has 1 N–H and O–H groups in total. The lowest BCUT2D eigenvalue weighted by Crippen LogP contribution is -2.24. The van der Waals surface area contributed by atoms with Crippen molar-refractivity contribution in [3.8, 4) is 5.75 Å². The highest BCUT2D eigenvalue weighted by Gasteiger charge is 2.19. The smallest absolute Gasteiger partial charge is 0.343 e. The SMILES string of the molecule is COC(=O)C(O)Cc1ccccc1OC(=O)c1ccccc1. The minimum Gasteiger partial charge on any atom is -0.467 e. The van der Waals surface area contributed by atoms with E-state index in [4.69, 9.17) is 4.74 Å². The van der Waals surface area contributed by atoms with Gasteiger partial charge >= 0.3 is 11.9 Å². The van der Waals surface area contributed by atoms with E-state index in [2.05, 4.69) is 4.74 Å². The standard InChI is InChI=1S/C17H16O5/c1-21-17(20)14(18)11-13-9-5-6-10-15(13)22-16(19)12-7-3-2-4-8-12/h2-10,14,18H,11H2,1H3. The van der Waals surface area contributed by atoms with Gasteiger partial charge in [0.15, 0.2) is 6.10 Å². The van der Waals surface area contributed by atoms with Crippen LogP contribution in [0.25, 0.3) is 0 Å². The van der Waals surface area contributed by atoms with Crippen molar-refractivity contribution >= 4 is 11.9 Å². The van der Waals surface area contributed by atoms with Crippen LogP contribution in [0.3, 0.4) is 0 Å². The van der Waals surface area contributed by atoms with Gasteiger partial charge in [-0.25, -0.2) is 9.59 Å². The van der Waals surface area contributed by atoms with Crippen LogP contribution < -0.4 is 4.74 Å². The number of carbonyl (C=O) groups is 2. The van der Waals surface area contributed by atoms with Gasteiger partial charge in [-0.05, 0) is 23.8 Å². The van der Waals surface area contributed by atoms with Crippen LogP contribution in [-0.4, -0.2) is 30.3 Å². The Bertz CT molecular complexity index is 651. The molecule has 1 unspecified atom stereocenters. The fourth-order valence-corrected chi connectivity index (χ4v) is 1.93. The number of methoxy groups -OCH3 is 1. The molecule has 0 saturated carbocycles. The van der Waals surface area contributed by atoms with Crippen LogP contribution in [-0.2, 0) is 16.0 Å². The van der Waals surface area contributed by atoms with Gasteiger partial charge in [-0.1, -0.05) is 36.4 Å². The van der Waals surface area contributed by atoms with Crippen molar-refractivity contribution in [3.05, 3.63) is 65.7 Å². The Morgan fingerprint density at radius 1 is 1.05 bits per heavy atom. The molecule has 5 nitrogen and oxygen atoms in total. The van der Waals surface area contributed by atoms with E-state index in [1.165, 1.54) is 7.11 Å². The molecule has 0 aliphatic heterocycles. The van der Waals surface area contributed by atoms with Crippen LogP contribution in [0.15, 0.2) is 54.6 Å². The number of ether oxygens (including phenoxy) is 2. The second kappa shape index (κ2) is 7.38. The summed E-state index contributed by atoms with van der Waals surface area (Å²) in [6.45, 7) is 0. The molecule has 0 amide bonds. The summed E-state index contributed by atoms with van der Waals surface area (Å²) in [4.78, 5) is 23.4. The fraction of sp³-hybridized carbons (Fsp3) is 0.176. The molecule has 2 aromatic carbocycles. The van der Waals surface area contributed by atoms with Gasteiger partial charge in [0.2, 0.25) is 0 Å². The van der Waals surface area contributed by atoms with E-state index in [0.717, 1.165) is 0 Å². The lowest BCUT2D eigenvalue weighted by molar-refractivity contribution is -0.150. The van der Waals surface area contributed by atoms with Gasteiger partial charge < -0.3 is 14.6 Å². The molecule has 114 valence electrons. The largest absolute Gasteiger partial charge is 0.467 e. The topological polar surface area (TPSA) is 72.8 Å². The zero-order chi connectivity index (χ0) is 15.9. The van der Waals surface area contributed by atoms with Crippen molar-refractivity contribution < 1.29 is 24.2 Å². The molecule has 0 aliphatic rings. The van der Waals surface area contributed by atoms with Crippen LogP contribution in [0.2, 0.25) is 0 Å². The number of rotatable bonds is 5. The van der Waals surface area contributed by atoms with Gasteiger partial charge in [-0.15, -0.1) is 0 Å². The Kier molecular flexibility index (Phi) is 5.27. The third kappa shape index (κ3) is 3.93. The molecule has 0 fully saturated rings. The number of esters is 2. The lowest BCUT2D eigenvalue weighted by Gasteiger charge is -2.12. The predicted octanol–water partition coefficient (Wildman–Crippen LogP) is 1.98. The van der Waals surface area contributed by atoms with Gasteiger partial charge in [-0.2, -0.15) is 0 Å². The highest BCUT2D eigenvalue weighted by atomic mass is 16.5. The van der Waals surface area contributed by atoms with Gasteiger partial charge in [0.05, 0.1) is 12.7 Å². The number of hydrogen-bond acceptors (Lipinski definition) is 5. The average molecular weight is 300 g/mol. The summed E-state index contributed by atoms with van der Waals surface area (Å²) >= 11 is 0. The average Bonchev–Trinajstić information content (AvgIpc) is 2.56. The maximum absolute atomic E-state index is 12.1. The molecule has 0 heterocycles. The Labute approximate surface area is 128 Å². The van der Waals surface area contributed by atoms with Gasteiger partial charge in [0, 0.05) is 6.42 Å². The quantitative estimate of drug-likeness (QED) is 0.675. The molecular weight excluding hydrogens is 284 g/mol. The maximum atomic E-state index is 12.1. The van der Waals surface area contributed by atoms with Crippen molar-refractivity contribution in [2.75, 3.05) is 7.11 Å². The molecule has 5 heteroatoms. The summed E-state index contributed by atoms with van der Waals surface area (Å²) in [7, 11) is 1.20. The molecule has 2 aromatic rings. The summed E-state index contributed by atoms with van der Waals surface area (Å²) in [6.07, 6.45) is -1.30. The molecular formula is C17H16O5. The normalized spacial score (nSPS) is 11.5. The van der Waals surface area contributed by atoms with Crippen molar-refractivity contribution in [1.29, 1.82) is 0 Å². The molecule has 0 bridgehead atoms. The van der Waals surface area contributed by atoms with Crippen molar-refractivity contribution in [3.63, 3.8) is 0 Å². The van der Waals surface area contributed by atoms with Crippen molar-refractivity contribution in [1.82, 2.24) is 0 Å². The number of para-hydroxylation sites is 1. The van der Waals surface area contributed by atoms with Crippen LogP contribution in [0.4, 0.5) is 0 Å². The Morgan fingerprint density at radius 3 is 2.36 bits per heavy atom. The van der Waals surface area contributed by atoms with E-state index in [1.54, 1.807) is 54.6 Å². The summed E-state index contributed by atoms with van der Waals surface area (Å²) in [5.41, 5.74) is 0.968. The summed E-state index contributed by atoms with van der Waals surface area (Å²) in [5.74, 6) is -0.927. The molecule has 0 saturated heterocycles. The molecule has 1 atom stereocenters. The Hall–Kier alpha value is -2.66. The van der Waals surface area contributed by atoms with Crippen molar-refractivity contribution in [2.45, 2.75) is 12.5 Å². The first-order chi connectivity index (χ1) is 10.6. The number of carbonyl (C=O) groups excluding carboxylic acids is 2. The van der Waals surface area contributed by atoms with E-state index >= 15 is 0 Å². The van der Waals surface area contributed by atoms with Crippen LogP contribution in [0, 0.1) is 0 Å². The predicted molar refractivity (Wildman–Crippen MR) is 79.6 cm³/mol.